The molecule has 4 N–H and O–H groups in total. The van der Waals surface area contributed by atoms with Gasteiger partial charge in [-0.2, -0.15) is 10.2 Å². The largest absolute Gasteiger partial charge is 0.382 e. The summed E-state index contributed by atoms with van der Waals surface area (Å²) in [5.74, 6) is 0.450. The van der Waals surface area contributed by atoms with Crippen LogP contribution in [-0.2, 0) is 0 Å². The van der Waals surface area contributed by atoms with Crippen LogP contribution in [0.15, 0.2) is 70.0 Å². The molecule has 7 heteroatoms. The molecule has 1 aromatic carbocycles. The van der Waals surface area contributed by atoms with Gasteiger partial charge >= 0.3 is 0 Å². The zero-order chi connectivity index (χ0) is 19.7. The van der Waals surface area contributed by atoms with E-state index in [-0.39, 0.29) is 17.3 Å². The molecule has 3 aromatic rings. The highest BCUT2D eigenvalue weighted by atomic mass is 16.1. The lowest BCUT2D eigenvalue weighted by atomic mass is 9.94. The molecule has 0 saturated carbocycles. The molecule has 1 unspecified atom stereocenters. The summed E-state index contributed by atoms with van der Waals surface area (Å²) in [5.41, 5.74) is 10.7. The summed E-state index contributed by atoms with van der Waals surface area (Å²) >= 11 is 0. The third-order valence-electron chi connectivity index (χ3n) is 4.84. The van der Waals surface area contributed by atoms with Crippen LogP contribution in [0.3, 0.4) is 0 Å². The third-order valence-corrected chi connectivity index (χ3v) is 4.84. The molecular formula is C21H20N6O. The molecule has 0 amide bonds. The fourth-order valence-corrected chi connectivity index (χ4v) is 3.33. The number of allylic oxidation sites excluding steroid dienone is 6. The minimum atomic E-state index is -0.345. The summed E-state index contributed by atoms with van der Waals surface area (Å²) < 4.78 is 0. The molecule has 0 spiro atoms. The minimum Gasteiger partial charge on any atom is -0.382 e. The maximum absolute atomic E-state index is 11.9. The van der Waals surface area contributed by atoms with Crippen LogP contribution in [-0.4, -0.2) is 33.2 Å². The van der Waals surface area contributed by atoms with Crippen molar-refractivity contribution in [3.63, 3.8) is 0 Å². The van der Waals surface area contributed by atoms with E-state index in [9.17, 15) is 4.79 Å². The van der Waals surface area contributed by atoms with E-state index < -0.39 is 0 Å². The summed E-state index contributed by atoms with van der Waals surface area (Å²) in [6, 6.07) is 8.07. The monoisotopic (exact) mass is 372 g/mol. The average molecular weight is 372 g/mol. The first-order chi connectivity index (χ1) is 13.6. The van der Waals surface area contributed by atoms with Gasteiger partial charge in [0.15, 0.2) is 5.82 Å². The smallest absolute Gasteiger partial charge is 0.290 e. The molecule has 1 aliphatic carbocycles. The van der Waals surface area contributed by atoms with Gasteiger partial charge in [0.2, 0.25) is 0 Å². The van der Waals surface area contributed by atoms with Gasteiger partial charge in [0.05, 0.1) is 11.1 Å². The lowest BCUT2D eigenvalue weighted by molar-refractivity contribution is 0.963. The van der Waals surface area contributed by atoms with Crippen LogP contribution in [0.25, 0.3) is 22.2 Å². The zero-order valence-corrected chi connectivity index (χ0v) is 15.6. The first-order valence-electron chi connectivity index (χ1n) is 8.94. The van der Waals surface area contributed by atoms with Crippen LogP contribution in [0.4, 0.5) is 5.82 Å². The zero-order valence-electron chi connectivity index (χ0n) is 15.6. The Morgan fingerprint density at radius 2 is 1.86 bits per heavy atom. The molecule has 140 valence electrons. The van der Waals surface area contributed by atoms with Gasteiger partial charge in [-0.05, 0) is 23.1 Å². The van der Waals surface area contributed by atoms with E-state index in [1.165, 1.54) is 5.56 Å². The summed E-state index contributed by atoms with van der Waals surface area (Å²) in [5, 5.41) is 13.7. The second kappa shape index (κ2) is 7.11. The highest BCUT2D eigenvalue weighted by Gasteiger charge is 2.15. The molecule has 7 nitrogen and oxygen atoms in total. The second-order valence-electron chi connectivity index (χ2n) is 6.62. The number of H-pyrrole nitrogens is 2. The molecule has 0 aliphatic heterocycles. The molecule has 1 atom stereocenters. The standard InChI is InChI=1S/C21H20N6O/c1-12(11-15-5-3-4-6-16(15)23-2)13-7-9-14(10-8-13)18-17-19(25-24-18)21(28)27-26-20(17)22/h3-12H,1-2H3,(H2,22,26)(H,24,25)(H,27,28)/b15-11-,23-16?. The molecule has 2 heterocycles. The average Bonchev–Trinajstić information content (AvgIpc) is 3.18. The van der Waals surface area contributed by atoms with Gasteiger partial charge in [-0.25, -0.2) is 5.10 Å². The molecule has 4 rings (SSSR count). The number of hydrogen-bond donors (Lipinski definition) is 3. The van der Waals surface area contributed by atoms with Crippen molar-refractivity contribution in [2.24, 2.45) is 4.99 Å². The van der Waals surface area contributed by atoms with Crippen molar-refractivity contribution in [1.82, 2.24) is 20.4 Å². The van der Waals surface area contributed by atoms with Crippen LogP contribution >= 0.6 is 0 Å². The van der Waals surface area contributed by atoms with Crippen LogP contribution in [0.1, 0.15) is 18.4 Å². The number of anilines is 1. The fourth-order valence-electron chi connectivity index (χ4n) is 3.33. The first-order valence-corrected chi connectivity index (χ1v) is 8.94. The van der Waals surface area contributed by atoms with Crippen LogP contribution < -0.4 is 11.3 Å². The van der Waals surface area contributed by atoms with E-state index in [1.807, 2.05) is 30.4 Å². The molecular weight excluding hydrogens is 352 g/mol. The van der Waals surface area contributed by atoms with Crippen molar-refractivity contribution in [3.05, 3.63) is 76.1 Å². The Hall–Kier alpha value is -3.74. The number of aliphatic imine (C=N–C) groups is 1. The van der Waals surface area contributed by atoms with Gasteiger partial charge in [0.1, 0.15) is 11.2 Å². The number of rotatable bonds is 3. The highest BCUT2D eigenvalue weighted by Crippen LogP contribution is 2.29. The Morgan fingerprint density at radius 1 is 1.11 bits per heavy atom. The van der Waals surface area contributed by atoms with E-state index in [0.717, 1.165) is 16.8 Å². The predicted octanol–water partition coefficient (Wildman–Crippen LogP) is 3.12. The molecule has 1 aliphatic rings. The summed E-state index contributed by atoms with van der Waals surface area (Å²) in [7, 11) is 1.80. The third kappa shape index (κ3) is 3.07. The number of nitrogens with one attached hydrogen (secondary N) is 2. The summed E-state index contributed by atoms with van der Waals surface area (Å²) in [6.45, 7) is 2.15. The van der Waals surface area contributed by atoms with E-state index in [0.29, 0.717) is 16.6 Å². The number of aromatic nitrogens is 4. The maximum atomic E-state index is 11.9. The normalized spacial score (nSPS) is 17.6. The Kier molecular flexibility index (Phi) is 4.49. The van der Waals surface area contributed by atoms with Gasteiger partial charge in [-0.15, -0.1) is 0 Å². The lowest BCUT2D eigenvalue weighted by Crippen LogP contribution is -2.10. The van der Waals surface area contributed by atoms with Crippen molar-refractivity contribution < 1.29 is 0 Å². The SMILES string of the molecule is CN=C1C=CC=C/C1=C/C(C)c1ccc(-c2n[nH]c3c(=O)[nH]nc(N)c23)cc1. The molecule has 0 saturated heterocycles. The topological polar surface area (TPSA) is 113 Å². The quantitative estimate of drug-likeness (QED) is 0.655. The van der Waals surface area contributed by atoms with Crippen LogP contribution in [0.5, 0.6) is 0 Å². The molecule has 2 aromatic heterocycles. The number of hydrogen-bond acceptors (Lipinski definition) is 5. The predicted molar refractivity (Wildman–Crippen MR) is 112 cm³/mol. The number of benzene rings is 1. The van der Waals surface area contributed by atoms with Gasteiger partial charge in [0, 0.05) is 12.6 Å². The van der Waals surface area contributed by atoms with Crippen molar-refractivity contribution in [2.45, 2.75) is 12.8 Å². The van der Waals surface area contributed by atoms with E-state index in [4.69, 9.17) is 5.73 Å². The molecule has 28 heavy (non-hydrogen) atoms. The van der Waals surface area contributed by atoms with Gasteiger partial charge in [-0.3, -0.25) is 14.9 Å². The van der Waals surface area contributed by atoms with E-state index in [2.05, 4.69) is 56.6 Å². The Labute approximate surface area is 161 Å². The number of nitrogens with zero attached hydrogens (tertiary/aromatic N) is 3. The summed E-state index contributed by atoms with van der Waals surface area (Å²) in [4.78, 5) is 16.2. The summed E-state index contributed by atoms with van der Waals surface area (Å²) in [6.07, 6.45) is 10.3. The maximum Gasteiger partial charge on any atom is 0.290 e. The van der Waals surface area contributed by atoms with Gasteiger partial charge < -0.3 is 5.73 Å². The lowest BCUT2D eigenvalue weighted by Gasteiger charge is -2.12. The number of nitrogen functional groups attached to an aromatic ring is 1. The Balaban J connectivity index is 1.67. The van der Waals surface area contributed by atoms with Crippen molar-refractivity contribution in [3.8, 4) is 11.3 Å². The Bertz CT molecular complexity index is 1210. The number of fused-ring (bicyclic) bond motifs is 1. The molecule has 0 bridgehead atoms. The minimum absolute atomic E-state index is 0.211. The van der Waals surface area contributed by atoms with E-state index in [1.54, 1.807) is 7.05 Å². The van der Waals surface area contributed by atoms with Crippen molar-refractivity contribution in [1.29, 1.82) is 0 Å². The fraction of sp³-hybridized carbons (Fsp3) is 0.143. The number of aromatic amines is 2. The van der Waals surface area contributed by atoms with E-state index >= 15 is 0 Å². The molecule has 0 radical (unpaired) electrons. The molecule has 0 fully saturated rings. The Morgan fingerprint density at radius 3 is 2.61 bits per heavy atom. The number of nitrogens with two attached hydrogens (primary N) is 1. The highest BCUT2D eigenvalue weighted by molar-refractivity contribution is 6.11. The second-order valence-corrected chi connectivity index (χ2v) is 6.62. The van der Waals surface area contributed by atoms with Gasteiger partial charge in [0.25, 0.3) is 5.56 Å². The van der Waals surface area contributed by atoms with Crippen molar-refractivity contribution >= 4 is 22.4 Å². The van der Waals surface area contributed by atoms with Crippen LogP contribution in [0.2, 0.25) is 0 Å². The first kappa shape index (κ1) is 17.7. The van der Waals surface area contributed by atoms with Crippen LogP contribution in [0, 0.1) is 0 Å². The van der Waals surface area contributed by atoms with Crippen molar-refractivity contribution in [2.75, 3.05) is 12.8 Å². The van der Waals surface area contributed by atoms with Gasteiger partial charge in [-0.1, -0.05) is 55.5 Å².